The van der Waals surface area contributed by atoms with Gasteiger partial charge in [-0.2, -0.15) is 0 Å². The molecular weight excluding hydrogens is 382 g/mol. The number of rotatable bonds is 6. The minimum atomic E-state index is -0.261. The van der Waals surface area contributed by atoms with Crippen LogP contribution in [0.15, 0.2) is 30.6 Å². The largest absolute Gasteiger partial charge is 0.493 e. The van der Waals surface area contributed by atoms with Crippen molar-refractivity contribution in [1.29, 1.82) is 0 Å². The zero-order valence-corrected chi connectivity index (χ0v) is 17.5. The first kappa shape index (κ1) is 20.6. The molecule has 2 saturated heterocycles. The lowest BCUT2D eigenvalue weighted by Gasteiger charge is -2.37. The summed E-state index contributed by atoms with van der Waals surface area (Å²) >= 11 is 0. The average Bonchev–Trinajstić information content (AvgIpc) is 2.72. The first-order valence-electron chi connectivity index (χ1n) is 10.4. The summed E-state index contributed by atoms with van der Waals surface area (Å²) in [4.78, 5) is 21.1. The van der Waals surface area contributed by atoms with Gasteiger partial charge in [-0.15, -0.1) is 0 Å². The Hall–Kier alpha value is -2.71. The number of hydrogen-bond acceptors (Lipinski definition) is 6. The second kappa shape index (κ2) is 8.97. The van der Waals surface area contributed by atoms with Crippen molar-refractivity contribution in [2.75, 3.05) is 38.2 Å². The Labute approximate surface area is 176 Å². The molecule has 2 amide bonds. The number of aromatic nitrogens is 2. The molecule has 2 aliphatic heterocycles. The van der Waals surface area contributed by atoms with Crippen LogP contribution in [0.1, 0.15) is 25.3 Å². The Morgan fingerprint density at radius 2 is 2.23 bits per heavy atom. The van der Waals surface area contributed by atoms with Gasteiger partial charge in [-0.25, -0.2) is 9.78 Å². The second-order valence-corrected chi connectivity index (χ2v) is 8.50. The molecule has 0 unspecified atom stereocenters. The smallest absolute Gasteiger partial charge is 0.320 e. The van der Waals surface area contributed by atoms with Gasteiger partial charge in [-0.3, -0.25) is 10.3 Å². The van der Waals surface area contributed by atoms with Crippen LogP contribution in [0.2, 0.25) is 0 Å². The molecule has 30 heavy (non-hydrogen) atoms. The van der Waals surface area contributed by atoms with Crippen LogP contribution >= 0.6 is 0 Å². The van der Waals surface area contributed by atoms with Gasteiger partial charge < -0.3 is 20.1 Å². The van der Waals surface area contributed by atoms with Crippen molar-refractivity contribution in [3.8, 4) is 17.0 Å². The molecule has 0 bridgehead atoms. The molecular formula is C22H29N5O3. The van der Waals surface area contributed by atoms with Gasteiger partial charge in [0.05, 0.1) is 37.9 Å². The number of ether oxygens (including phenoxy) is 2. The lowest BCUT2D eigenvalue weighted by Crippen LogP contribution is -2.47. The molecule has 3 N–H and O–H groups in total. The van der Waals surface area contributed by atoms with Gasteiger partial charge in [-0.1, -0.05) is 6.92 Å². The van der Waals surface area contributed by atoms with Crippen molar-refractivity contribution < 1.29 is 14.3 Å². The summed E-state index contributed by atoms with van der Waals surface area (Å²) in [6.07, 6.45) is 5.28. The molecule has 8 heteroatoms. The van der Waals surface area contributed by atoms with Crippen LogP contribution in [0, 0.1) is 12.3 Å². The van der Waals surface area contributed by atoms with E-state index in [1.165, 1.54) is 0 Å². The van der Waals surface area contributed by atoms with Crippen LogP contribution in [0.25, 0.3) is 11.3 Å². The lowest BCUT2D eigenvalue weighted by atomic mass is 9.90. The predicted octanol–water partition coefficient (Wildman–Crippen LogP) is 2.74. The highest BCUT2D eigenvalue weighted by Crippen LogP contribution is 2.30. The van der Waals surface area contributed by atoms with Crippen LogP contribution < -0.4 is 20.7 Å². The average molecular weight is 412 g/mol. The molecule has 8 nitrogen and oxygen atoms in total. The quantitative estimate of drug-likeness (QED) is 0.676. The maximum atomic E-state index is 12.3. The van der Waals surface area contributed by atoms with Crippen molar-refractivity contribution in [1.82, 2.24) is 20.6 Å². The molecule has 0 spiro atoms. The Bertz CT molecular complexity index is 894. The van der Waals surface area contributed by atoms with E-state index in [1.807, 2.05) is 25.1 Å². The molecule has 1 atom stereocenters. The fourth-order valence-corrected chi connectivity index (χ4v) is 3.63. The number of nitrogens with one attached hydrogen (secondary N) is 3. The van der Waals surface area contributed by atoms with Gasteiger partial charge in [0.25, 0.3) is 0 Å². The molecule has 3 heterocycles. The monoisotopic (exact) mass is 411 g/mol. The maximum absolute atomic E-state index is 12.3. The lowest BCUT2D eigenvalue weighted by molar-refractivity contribution is -0.120. The SMILES string of the molecule is Cc1cc(-c2cncc(NC(=O)N[C@H]3CCCNC3)n2)ccc1OCC1(C)COC1. The van der Waals surface area contributed by atoms with E-state index in [0.29, 0.717) is 18.1 Å². The summed E-state index contributed by atoms with van der Waals surface area (Å²) in [7, 11) is 0. The Kier molecular flexibility index (Phi) is 6.15. The first-order valence-corrected chi connectivity index (χ1v) is 10.4. The van der Waals surface area contributed by atoms with E-state index in [9.17, 15) is 4.79 Å². The van der Waals surface area contributed by atoms with Crippen molar-refractivity contribution in [2.45, 2.75) is 32.7 Å². The number of carbonyl (C=O) groups is 1. The minimum absolute atomic E-state index is 0.102. The van der Waals surface area contributed by atoms with E-state index in [2.05, 4.69) is 32.8 Å². The summed E-state index contributed by atoms with van der Waals surface area (Å²) < 4.78 is 11.3. The molecule has 2 aliphatic rings. The highest BCUT2D eigenvalue weighted by Gasteiger charge is 2.34. The molecule has 0 aliphatic carbocycles. The number of hydrogen-bond donors (Lipinski definition) is 3. The molecule has 2 fully saturated rings. The second-order valence-electron chi connectivity index (χ2n) is 8.50. The number of piperidine rings is 1. The number of urea groups is 1. The van der Waals surface area contributed by atoms with Crippen LogP contribution in [0.4, 0.5) is 10.6 Å². The Balaban J connectivity index is 1.38. The van der Waals surface area contributed by atoms with Crippen LogP contribution in [0.3, 0.4) is 0 Å². The number of amides is 2. The van der Waals surface area contributed by atoms with Crippen molar-refractivity contribution in [3.63, 3.8) is 0 Å². The van der Waals surface area contributed by atoms with Gasteiger partial charge >= 0.3 is 6.03 Å². The zero-order chi connectivity index (χ0) is 21.0. The van der Waals surface area contributed by atoms with E-state index in [0.717, 1.165) is 56.0 Å². The highest BCUT2D eigenvalue weighted by atomic mass is 16.5. The van der Waals surface area contributed by atoms with Gasteiger partial charge in [0, 0.05) is 23.6 Å². The van der Waals surface area contributed by atoms with E-state index >= 15 is 0 Å². The van der Waals surface area contributed by atoms with Crippen molar-refractivity contribution in [3.05, 3.63) is 36.2 Å². The Morgan fingerprint density at radius 3 is 2.93 bits per heavy atom. The third-order valence-electron chi connectivity index (χ3n) is 5.46. The molecule has 2 aromatic rings. The summed E-state index contributed by atoms with van der Waals surface area (Å²) in [6.45, 7) is 8.09. The molecule has 1 aromatic heterocycles. The van der Waals surface area contributed by atoms with Gasteiger partial charge in [0.1, 0.15) is 5.75 Å². The van der Waals surface area contributed by atoms with Gasteiger partial charge in [0.15, 0.2) is 5.82 Å². The molecule has 4 rings (SSSR count). The summed E-state index contributed by atoms with van der Waals surface area (Å²) in [5.74, 6) is 1.28. The summed E-state index contributed by atoms with van der Waals surface area (Å²) in [5.41, 5.74) is 2.75. The van der Waals surface area contributed by atoms with E-state index < -0.39 is 0 Å². The third kappa shape index (κ3) is 5.06. The van der Waals surface area contributed by atoms with Crippen LogP contribution in [-0.4, -0.2) is 55.0 Å². The standard InChI is InChI=1S/C22H29N5O3/c1-15-8-16(5-6-19(15)30-14-22(2)12-29-13-22)18-10-24-11-20(26-18)27-21(28)25-17-4-3-7-23-9-17/h5-6,8,10-11,17,23H,3-4,7,9,12-14H2,1-2H3,(H2,25,26,27,28)/t17-/m0/s1. The fraction of sp³-hybridized carbons (Fsp3) is 0.500. The zero-order valence-electron chi connectivity index (χ0n) is 17.5. The van der Waals surface area contributed by atoms with E-state index in [1.54, 1.807) is 12.4 Å². The number of anilines is 1. The molecule has 0 radical (unpaired) electrons. The predicted molar refractivity (Wildman–Crippen MR) is 115 cm³/mol. The third-order valence-corrected chi connectivity index (χ3v) is 5.46. The number of benzene rings is 1. The number of carbonyl (C=O) groups excluding carboxylic acids is 1. The Morgan fingerprint density at radius 1 is 1.37 bits per heavy atom. The molecule has 0 saturated carbocycles. The van der Waals surface area contributed by atoms with Crippen molar-refractivity contribution >= 4 is 11.8 Å². The summed E-state index contributed by atoms with van der Waals surface area (Å²) in [6, 6.07) is 5.82. The fourth-order valence-electron chi connectivity index (χ4n) is 3.63. The topological polar surface area (TPSA) is 97.4 Å². The van der Waals surface area contributed by atoms with Crippen LogP contribution in [-0.2, 0) is 4.74 Å². The first-order chi connectivity index (χ1) is 14.5. The molecule has 1 aromatic carbocycles. The number of aryl methyl sites for hydroxylation is 1. The highest BCUT2D eigenvalue weighted by molar-refractivity contribution is 5.88. The number of nitrogens with zero attached hydrogens (tertiary/aromatic N) is 2. The minimum Gasteiger partial charge on any atom is -0.493 e. The molecule has 160 valence electrons. The maximum Gasteiger partial charge on any atom is 0.320 e. The normalized spacial score (nSPS) is 20.1. The van der Waals surface area contributed by atoms with Crippen molar-refractivity contribution in [2.24, 2.45) is 5.41 Å². The summed E-state index contributed by atoms with van der Waals surface area (Å²) in [5, 5.41) is 9.04. The van der Waals surface area contributed by atoms with Gasteiger partial charge in [-0.05, 0) is 50.1 Å². The van der Waals surface area contributed by atoms with Crippen LogP contribution in [0.5, 0.6) is 5.75 Å². The van der Waals surface area contributed by atoms with E-state index in [4.69, 9.17) is 9.47 Å². The van der Waals surface area contributed by atoms with E-state index in [-0.39, 0.29) is 17.5 Å². The van der Waals surface area contributed by atoms with Gasteiger partial charge in [0.2, 0.25) is 0 Å².